The molecule has 1 fully saturated rings. The van der Waals surface area contributed by atoms with E-state index >= 15 is 0 Å². The summed E-state index contributed by atoms with van der Waals surface area (Å²) in [5.41, 5.74) is 0. The molecule has 0 aromatic carbocycles. The van der Waals surface area contributed by atoms with Crippen LogP contribution in [0.25, 0.3) is 0 Å². The maximum absolute atomic E-state index is 13.0. The van der Waals surface area contributed by atoms with Crippen LogP contribution >= 0.6 is 0 Å². The lowest BCUT2D eigenvalue weighted by Gasteiger charge is -2.40. The molecule has 0 spiro atoms. The SMILES string of the molecule is CCCCCCCCCCCCCCCCCCC(O)C(O)C(COC1OC(CO)C(O)C(O)C1O)NC(=O)C(O)CCCCCCCCCCCC. The van der Waals surface area contributed by atoms with Gasteiger partial charge in [0, 0.05) is 0 Å². The monoisotopic (exact) mass is 762 g/mol. The molecule has 9 atom stereocenters. The molecule has 316 valence electrons. The quantitative estimate of drug-likeness (QED) is 0.0335. The molecule has 53 heavy (non-hydrogen) atoms. The molecule has 0 aromatic heterocycles. The molecule has 11 heteroatoms. The van der Waals surface area contributed by atoms with Crippen LogP contribution in [0.5, 0.6) is 0 Å². The summed E-state index contributed by atoms with van der Waals surface area (Å²) in [6, 6.07) is -1.16. The summed E-state index contributed by atoms with van der Waals surface area (Å²) >= 11 is 0. The Kier molecular flexibility index (Phi) is 31.5. The van der Waals surface area contributed by atoms with Gasteiger partial charge in [0.25, 0.3) is 0 Å². The molecule has 0 radical (unpaired) electrons. The van der Waals surface area contributed by atoms with Crippen molar-refractivity contribution in [2.75, 3.05) is 13.2 Å². The Morgan fingerprint density at radius 1 is 0.585 bits per heavy atom. The zero-order valence-corrected chi connectivity index (χ0v) is 33.8. The molecule has 0 aliphatic carbocycles. The van der Waals surface area contributed by atoms with Crippen LogP contribution in [-0.2, 0) is 14.3 Å². The van der Waals surface area contributed by atoms with Gasteiger partial charge in [-0.1, -0.05) is 181 Å². The number of amides is 1. The van der Waals surface area contributed by atoms with Crippen molar-refractivity contribution in [2.24, 2.45) is 0 Å². The van der Waals surface area contributed by atoms with Gasteiger partial charge in [-0.25, -0.2) is 0 Å². The fourth-order valence-corrected chi connectivity index (χ4v) is 7.20. The first-order chi connectivity index (χ1) is 25.7. The number of rotatable bonds is 36. The topological polar surface area (TPSA) is 189 Å². The first-order valence-corrected chi connectivity index (χ1v) is 21.9. The molecule has 1 aliphatic rings. The Balaban J connectivity index is 2.47. The molecule has 1 aliphatic heterocycles. The van der Waals surface area contributed by atoms with E-state index in [2.05, 4.69) is 19.2 Å². The van der Waals surface area contributed by atoms with Gasteiger partial charge < -0.3 is 50.5 Å². The number of carbonyl (C=O) groups excluding carboxylic acids is 1. The standard InChI is InChI=1S/C42H83NO10/c1-3-5-7-9-11-13-15-16-17-18-19-20-22-23-25-27-29-34(45)37(47)33(32-52-42-40(50)39(49)38(48)36(31-44)53-42)43-41(51)35(46)30-28-26-24-21-14-12-10-8-6-4-2/h33-40,42,44-50H,3-32H2,1-2H3,(H,43,51). The van der Waals surface area contributed by atoms with E-state index in [4.69, 9.17) is 9.47 Å². The van der Waals surface area contributed by atoms with E-state index in [1.165, 1.54) is 116 Å². The molecule has 9 unspecified atom stereocenters. The van der Waals surface area contributed by atoms with Crippen molar-refractivity contribution >= 4 is 5.91 Å². The van der Waals surface area contributed by atoms with Gasteiger partial charge in [0.05, 0.1) is 25.4 Å². The number of aliphatic hydroxyl groups is 7. The summed E-state index contributed by atoms with van der Waals surface area (Å²) in [5, 5.41) is 75.4. The number of unbranched alkanes of at least 4 members (excludes halogenated alkanes) is 24. The molecule has 1 heterocycles. The van der Waals surface area contributed by atoms with Gasteiger partial charge in [0.1, 0.15) is 36.6 Å². The Labute approximate surface area is 322 Å². The zero-order valence-electron chi connectivity index (χ0n) is 33.8. The summed E-state index contributed by atoms with van der Waals surface area (Å²) in [6.45, 7) is 3.41. The fraction of sp³-hybridized carbons (Fsp3) is 0.976. The number of hydrogen-bond donors (Lipinski definition) is 8. The van der Waals surface area contributed by atoms with Crippen molar-refractivity contribution in [3.05, 3.63) is 0 Å². The number of ether oxygens (including phenoxy) is 2. The minimum absolute atomic E-state index is 0.264. The normalized spacial score (nSPS) is 22.8. The van der Waals surface area contributed by atoms with E-state index in [0.29, 0.717) is 19.3 Å². The average Bonchev–Trinajstić information content (AvgIpc) is 3.16. The molecular formula is C42H83NO10. The Morgan fingerprint density at radius 3 is 1.40 bits per heavy atom. The second-order valence-electron chi connectivity index (χ2n) is 15.8. The van der Waals surface area contributed by atoms with Crippen LogP contribution < -0.4 is 5.32 Å². The highest BCUT2D eigenvalue weighted by Crippen LogP contribution is 2.23. The first-order valence-electron chi connectivity index (χ1n) is 21.9. The van der Waals surface area contributed by atoms with Crippen LogP contribution in [0.15, 0.2) is 0 Å². The smallest absolute Gasteiger partial charge is 0.249 e. The number of nitrogens with one attached hydrogen (secondary N) is 1. The summed E-state index contributed by atoms with van der Waals surface area (Å²) in [5.74, 6) is -0.697. The van der Waals surface area contributed by atoms with Crippen LogP contribution in [0.2, 0.25) is 0 Å². The Bertz CT molecular complexity index is 836. The molecule has 8 N–H and O–H groups in total. The van der Waals surface area contributed by atoms with Crippen LogP contribution in [-0.4, -0.2) is 110 Å². The third kappa shape index (κ3) is 23.7. The van der Waals surface area contributed by atoms with Crippen molar-refractivity contribution < 1.29 is 50.0 Å². The highest BCUT2D eigenvalue weighted by molar-refractivity contribution is 5.80. The Hall–Kier alpha value is -0.890. The van der Waals surface area contributed by atoms with Crippen molar-refractivity contribution in [3.8, 4) is 0 Å². The number of aliphatic hydroxyl groups excluding tert-OH is 7. The first kappa shape index (κ1) is 50.1. The van der Waals surface area contributed by atoms with E-state index < -0.39 is 74.2 Å². The van der Waals surface area contributed by atoms with E-state index in [0.717, 1.165) is 38.5 Å². The van der Waals surface area contributed by atoms with Crippen molar-refractivity contribution in [1.29, 1.82) is 0 Å². The van der Waals surface area contributed by atoms with E-state index in [1.54, 1.807) is 0 Å². The predicted octanol–water partition coefficient (Wildman–Crippen LogP) is 6.33. The van der Waals surface area contributed by atoms with Crippen molar-refractivity contribution in [2.45, 2.75) is 249 Å². The van der Waals surface area contributed by atoms with Gasteiger partial charge in [-0.05, 0) is 12.8 Å². The van der Waals surface area contributed by atoms with Crippen LogP contribution in [0.3, 0.4) is 0 Å². The number of carbonyl (C=O) groups is 1. The fourth-order valence-electron chi connectivity index (χ4n) is 7.20. The molecule has 11 nitrogen and oxygen atoms in total. The molecule has 0 saturated carbocycles. The van der Waals surface area contributed by atoms with Crippen molar-refractivity contribution in [1.82, 2.24) is 5.32 Å². The third-order valence-corrected chi connectivity index (χ3v) is 10.9. The lowest BCUT2D eigenvalue weighted by molar-refractivity contribution is -0.303. The van der Waals surface area contributed by atoms with Gasteiger partial charge in [-0.3, -0.25) is 4.79 Å². The highest BCUT2D eigenvalue weighted by atomic mass is 16.7. The average molecular weight is 762 g/mol. The van der Waals surface area contributed by atoms with E-state index in [1.807, 2.05) is 0 Å². The highest BCUT2D eigenvalue weighted by Gasteiger charge is 2.44. The minimum Gasteiger partial charge on any atom is -0.394 e. The van der Waals surface area contributed by atoms with E-state index in [9.17, 15) is 40.5 Å². The van der Waals surface area contributed by atoms with Gasteiger partial charge in [0.2, 0.25) is 5.91 Å². The minimum atomic E-state index is -1.65. The molecular weight excluding hydrogens is 678 g/mol. The maximum Gasteiger partial charge on any atom is 0.249 e. The van der Waals surface area contributed by atoms with Gasteiger partial charge in [0.15, 0.2) is 6.29 Å². The molecule has 0 aromatic rings. The van der Waals surface area contributed by atoms with Crippen LogP contribution in [0, 0.1) is 0 Å². The van der Waals surface area contributed by atoms with Gasteiger partial charge in [-0.15, -0.1) is 0 Å². The predicted molar refractivity (Wildman–Crippen MR) is 210 cm³/mol. The summed E-state index contributed by atoms with van der Waals surface area (Å²) < 4.78 is 11.1. The lowest BCUT2D eigenvalue weighted by atomic mass is 9.98. The summed E-state index contributed by atoms with van der Waals surface area (Å²) in [4.78, 5) is 13.0. The zero-order chi connectivity index (χ0) is 39.1. The van der Waals surface area contributed by atoms with E-state index in [-0.39, 0.29) is 6.42 Å². The summed E-state index contributed by atoms with van der Waals surface area (Å²) in [6.07, 6.45) is 20.1. The molecule has 1 amide bonds. The van der Waals surface area contributed by atoms with Crippen LogP contribution in [0.1, 0.15) is 194 Å². The Morgan fingerprint density at radius 2 is 0.981 bits per heavy atom. The lowest BCUT2D eigenvalue weighted by Crippen LogP contribution is -2.60. The van der Waals surface area contributed by atoms with Gasteiger partial charge in [-0.2, -0.15) is 0 Å². The molecule has 1 rings (SSSR count). The summed E-state index contributed by atoms with van der Waals surface area (Å²) in [7, 11) is 0. The molecule has 0 bridgehead atoms. The number of hydrogen-bond acceptors (Lipinski definition) is 10. The van der Waals surface area contributed by atoms with Crippen LogP contribution in [0.4, 0.5) is 0 Å². The second-order valence-corrected chi connectivity index (χ2v) is 15.8. The third-order valence-electron chi connectivity index (χ3n) is 10.9. The van der Waals surface area contributed by atoms with Crippen molar-refractivity contribution in [3.63, 3.8) is 0 Å². The molecule has 1 saturated heterocycles. The largest absolute Gasteiger partial charge is 0.394 e. The second kappa shape index (κ2) is 33.3. The van der Waals surface area contributed by atoms with Gasteiger partial charge >= 0.3 is 0 Å². The maximum atomic E-state index is 13.0.